The van der Waals surface area contributed by atoms with Crippen LogP contribution >= 0.6 is 0 Å². The van der Waals surface area contributed by atoms with Gasteiger partial charge in [-0.15, -0.1) is 0 Å². The second-order valence-corrected chi connectivity index (χ2v) is 7.53. The molecule has 108 valence electrons. The van der Waals surface area contributed by atoms with E-state index in [0.29, 0.717) is 0 Å². The number of aryl methyl sites for hydroxylation is 2. The summed E-state index contributed by atoms with van der Waals surface area (Å²) in [6.45, 7) is 0. The second kappa shape index (κ2) is 6.21. The van der Waals surface area contributed by atoms with Crippen molar-refractivity contribution < 1.29 is 9.00 Å². The van der Waals surface area contributed by atoms with Crippen LogP contribution in [0.2, 0.25) is 0 Å². The van der Waals surface area contributed by atoms with E-state index in [0.717, 1.165) is 43.4 Å². The molecule has 0 spiro atoms. The number of rotatable bonds is 4. The lowest BCUT2D eigenvalue weighted by Crippen LogP contribution is -2.23. The monoisotopic (exact) mass is 290 g/mol. The minimum Gasteiger partial charge on any atom is -0.298 e. The fourth-order valence-corrected chi connectivity index (χ4v) is 4.60. The highest BCUT2D eigenvalue weighted by atomic mass is 32.2. The first-order valence-corrected chi connectivity index (χ1v) is 9.09. The Labute approximate surface area is 123 Å². The summed E-state index contributed by atoms with van der Waals surface area (Å²) in [5.41, 5.74) is 2.73. The van der Waals surface area contributed by atoms with E-state index in [1.54, 1.807) is 0 Å². The van der Waals surface area contributed by atoms with E-state index >= 15 is 0 Å². The average Bonchev–Trinajstić information content (AvgIpc) is 2.95. The van der Waals surface area contributed by atoms with Crippen molar-refractivity contribution in [2.75, 3.05) is 5.75 Å². The number of carbonyl (C=O) groups excluding carboxylic acids is 1. The van der Waals surface area contributed by atoms with Crippen LogP contribution in [-0.2, 0) is 28.4 Å². The van der Waals surface area contributed by atoms with Crippen LogP contribution in [0.4, 0.5) is 0 Å². The predicted octanol–water partition coefficient (Wildman–Crippen LogP) is 3.43. The fourth-order valence-electron chi connectivity index (χ4n) is 3.44. The van der Waals surface area contributed by atoms with Crippen LogP contribution in [0.1, 0.15) is 49.7 Å². The molecule has 0 aliphatic heterocycles. The maximum absolute atomic E-state index is 12.4. The molecule has 3 rings (SSSR count). The summed E-state index contributed by atoms with van der Waals surface area (Å²) in [5, 5.41) is 0. The lowest BCUT2D eigenvalue weighted by Gasteiger charge is -2.20. The summed E-state index contributed by atoms with van der Waals surface area (Å²) in [6, 6.07) is 6.11. The van der Waals surface area contributed by atoms with Gasteiger partial charge in [-0.05, 0) is 55.4 Å². The van der Waals surface area contributed by atoms with E-state index in [-0.39, 0.29) is 17.5 Å². The number of carbonyl (C=O) groups is 1. The number of ketones is 1. The van der Waals surface area contributed by atoms with Gasteiger partial charge in [0.25, 0.3) is 0 Å². The Morgan fingerprint density at radius 2 is 1.80 bits per heavy atom. The third-order valence-corrected chi connectivity index (χ3v) is 5.99. The van der Waals surface area contributed by atoms with Gasteiger partial charge in [0, 0.05) is 10.8 Å². The first kappa shape index (κ1) is 14.0. The van der Waals surface area contributed by atoms with Gasteiger partial charge >= 0.3 is 0 Å². The number of hydrogen-bond acceptors (Lipinski definition) is 2. The van der Waals surface area contributed by atoms with Crippen LogP contribution < -0.4 is 0 Å². The summed E-state index contributed by atoms with van der Waals surface area (Å²) >= 11 is 0. The summed E-state index contributed by atoms with van der Waals surface area (Å²) in [4.78, 5) is 13.1. The minimum atomic E-state index is -1.16. The molecule has 1 unspecified atom stereocenters. The first-order chi connectivity index (χ1) is 9.74. The molecule has 0 saturated heterocycles. The van der Waals surface area contributed by atoms with Gasteiger partial charge in [0.05, 0.1) is 16.6 Å². The topological polar surface area (TPSA) is 34.1 Å². The van der Waals surface area contributed by atoms with Gasteiger partial charge < -0.3 is 0 Å². The Morgan fingerprint density at radius 1 is 1.05 bits per heavy atom. The van der Waals surface area contributed by atoms with Gasteiger partial charge in [-0.2, -0.15) is 0 Å². The maximum atomic E-state index is 12.4. The third kappa shape index (κ3) is 3.03. The summed E-state index contributed by atoms with van der Waals surface area (Å²) in [7, 11) is -1.16. The van der Waals surface area contributed by atoms with E-state index < -0.39 is 10.8 Å². The zero-order chi connectivity index (χ0) is 13.9. The van der Waals surface area contributed by atoms with Crippen molar-refractivity contribution in [3.8, 4) is 0 Å². The van der Waals surface area contributed by atoms with Gasteiger partial charge in [0.15, 0.2) is 0 Å². The molecule has 1 saturated carbocycles. The lowest BCUT2D eigenvalue weighted by molar-refractivity contribution is -0.121. The summed E-state index contributed by atoms with van der Waals surface area (Å²) in [6.07, 6.45) is 8.99. The van der Waals surface area contributed by atoms with Gasteiger partial charge in [0.1, 0.15) is 5.78 Å². The number of Topliss-reactive ketones (excluding diaryl/α,β-unsaturated/α-hetero) is 1. The Morgan fingerprint density at radius 3 is 2.60 bits per heavy atom. The molecule has 2 aliphatic carbocycles. The molecule has 2 nitrogen and oxygen atoms in total. The smallest absolute Gasteiger partial charge is 0.148 e. The van der Waals surface area contributed by atoms with Crippen LogP contribution in [0.5, 0.6) is 0 Å². The molecule has 1 atom stereocenters. The van der Waals surface area contributed by atoms with Crippen molar-refractivity contribution in [2.24, 2.45) is 5.92 Å². The Balaban J connectivity index is 1.65. The molecule has 1 aromatic carbocycles. The van der Waals surface area contributed by atoms with Crippen molar-refractivity contribution in [3.63, 3.8) is 0 Å². The van der Waals surface area contributed by atoms with Gasteiger partial charge in [-0.3, -0.25) is 9.00 Å². The summed E-state index contributed by atoms with van der Waals surface area (Å²) in [5.74, 6) is 0.592. The SMILES string of the molecule is O=C(CS(=O)c1ccc2c(c1)CCC2)C1CCCCC1. The van der Waals surface area contributed by atoms with E-state index in [4.69, 9.17) is 0 Å². The molecule has 0 heterocycles. The lowest BCUT2D eigenvalue weighted by atomic mass is 9.87. The minimum absolute atomic E-state index is 0.169. The van der Waals surface area contributed by atoms with Crippen LogP contribution in [0.15, 0.2) is 23.1 Å². The largest absolute Gasteiger partial charge is 0.298 e. The van der Waals surface area contributed by atoms with Crippen LogP contribution in [-0.4, -0.2) is 15.7 Å². The van der Waals surface area contributed by atoms with Crippen LogP contribution in [0, 0.1) is 5.92 Å². The van der Waals surface area contributed by atoms with Crippen molar-refractivity contribution in [2.45, 2.75) is 56.3 Å². The summed E-state index contributed by atoms with van der Waals surface area (Å²) < 4.78 is 12.4. The van der Waals surface area contributed by atoms with E-state index in [9.17, 15) is 9.00 Å². The fraction of sp³-hybridized carbons (Fsp3) is 0.588. The predicted molar refractivity (Wildman–Crippen MR) is 81.3 cm³/mol. The van der Waals surface area contributed by atoms with E-state index in [1.165, 1.54) is 24.0 Å². The van der Waals surface area contributed by atoms with Gasteiger partial charge in [0.2, 0.25) is 0 Å². The molecule has 1 aromatic rings. The van der Waals surface area contributed by atoms with Gasteiger partial charge in [-0.1, -0.05) is 25.3 Å². The van der Waals surface area contributed by atoms with Crippen molar-refractivity contribution >= 4 is 16.6 Å². The molecule has 0 aromatic heterocycles. The molecular weight excluding hydrogens is 268 g/mol. The van der Waals surface area contributed by atoms with Crippen LogP contribution in [0.25, 0.3) is 0 Å². The van der Waals surface area contributed by atoms with E-state index in [1.807, 2.05) is 6.07 Å². The Hall–Kier alpha value is -0.960. The highest BCUT2D eigenvalue weighted by molar-refractivity contribution is 7.85. The van der Waals surface area contributed by atoms with Gasteiger partial charge in [-0.25, -0.2) is 0 Å². The molecular formula is C17H22O2S. The molecule has 1 fully saturated rings. The van der Waals surface area contributed by atoms with Crippen LogP contribution in [0.3, 0.4) is 0 Å². The second-order valence-electron chi connectivity index (χ2n) is 6.08. The Kier molecular flexibility index (Phi) is 4.35. The Bertz CT molecular complexity index is 530. The van der Waals surface area contributed by atoms with Crippen molar-refractivity contribution in [3.05, 3.63) is 29.3 Å². The van der Waals surface area contributed by atoms with Crippen molar-refractivity contribution in [1.82, 2.24) is 0 Å². The molecule has 3 heteroatoms. The molecule has 0 amide bonds. The normalized spacial score (nSPS) is 20.6. The molecule has 0 radical (unpaired) electrons. The maximum Gasteiger partial charge on any atom is 0.148 e. The number of fused-ring (bicyclic) bond motifs is 1. The zero-order valence-electron chi connectivity index (χ0n) is 11.9. The average molecular weight is 290 g/mol. The zero-order valence-corrected chi connectivity index (χ0v) is 12.7. The number of hydrogen-bond donors (Lipinski definition) is 0. The highest BCUT2D eigenvalue weighted by Gasteiger charge is 2.23. The molecule has 0 bridgehead atoms. The molecule has 2 aliphatic rings. The molecule has 0 N–H and O–H groups in total. The quantitative estimate of drug-likeness (QED) is 0.851. The third-order valence-electron chi connectivity index (χ3n) is 4.67. The first-order valence-electron chi connectivity index (χ1n) is 7.77. The van der Waals surface area contributed by atoms with Crippen molar-refractivity contribution in [1.29, 1.82) is 0 Å². The molecule has 20 heavy (non-hydrogen) atoms. The number of benzene rings is 1. The van der Waals surface area contributed by atoms with E-state index in [2.05, 4.69) is 12.1 Å². The highest BCUT2D eigenvalue weighted by Crippen LogP contribution is 2.27. The standard InChI is InChI=1S/C17H22O2S/c18-17(14-5-2-1-3-6-14)12-20(19)16-10-9-13-7-4-8-15(13)11-16/h9-11,14H,1-8,12H2.